The predicted octanol–water partition coefficient (Wildman–Crippen LogP) is 1.11. The van der Waals surface area contributed by atoms with Crippen LogP contribution in [0.4, 0.5) is 0 Å². The normalized spacial score (nSPS) is 17.6. The van der Waals surface area contributed by atoms with Crippen molar-refractivity contribution in [2.45, 2.75) is 25.3 Å². The second-order valence-electron chi connectivity index (χ2n) is 3.26. The Morgan fingerprint density at radius 2 is 2.38 bits per heavy atom. The minimum atomic E-state index is -0.340. The van der Waals surface area contributed by atoms with E-state index in [9.17, 15) is 4.79 Å². The fourth-order valence-corrected chi connectivity index (χ4v) is 1.49. The van der Waals surface area contributed by atoms with E-state index >= 15 is 0 Å². The summed E-state index contributed by atoms with van der Waals surface area (Å²) in [5, 5.41) is 0. The molecule has 0 spiro atoms. The van der Waals surface area contributed by atoms with Gasteiger partial charge < -0.3 is 0 Å². The number of hydrogen-bond acceptors (Lipinski definition) is 4. The lowest BCUT2D eigenvalue weighted by Crippen LogP contribution is -2.06. The van der Waals surface area contributed by atoms with Crippen LogP contribution in [0.1, 0.15) is 24.1 Å². The summed E-state index contributed by atoms with van der Waals surface area (Å²) in [6, 6.07) is 0. The van der Waals surface area contributed by atoms with Crippen LogP contribution in [0.25, 0.3) is 0 Å². The Labute approximate surface area is 75.7 Å². The average molecular weight is 175 g/mol. The Balaban J connectivity index is 2.46. The molecular formula is C9H9N3O. The minimum Gasteiger partial charge on any atom is -0.244 e. The number of aryl methyl sites for hydroxylation is 1. The summed E-state index contributed by atoms with van der Waals surface area (Å²) in [4.78, 5) is 22.0. The van der Waals surface area contributed by atoms with Crippen molar-refractivity contribution in [1.82, 2.24) is 9.97 Å². The number of nitrogens with zero attached hydrogens (tertiary/aromatic N) is 3. The Kier molecular flexibility index (Phi) is 1.71. The van der Waals surface area contributed by atoms with Crippen molar-refractivity contribution >= 4 is 6.08 Å². The molecule has 1 fully saturated rings. The van der Waals surface area contributed by atoms with Crippen molar-refractivity contribution < 1.29 is 4.79 Å². The van der Waals surface area contributed by atoms with Crippen LogP contribution in [0.15, 0.2) is 17.5 Å². The van der Waals surface area contributed by atoms with Crippen LogP contribution in [0.3, 0.4) is 0 Å². The summed E-state index contributed by atoms with van der Waals surface area (Å²) in [5.41, 5.74) is 1.51. The molecule has 1 saturated carbocycles. The summed E-state index contributed by atoms with van der Waals surface area (Å²) in [7, 11) is 0. The second kappa shape index (κ2) is 2.75. The van der Waals surface area contributed by atoms with Crippen molar-refractivity contribution in [3.63, 3.8) is 0 Å². The van der Waals surface area contributed by atoms with Gasteiger partial charge in [0.15, 0.2) is 0 Å². The van der Waals surface area contributed by atoms with Gasteiger partial charge in [-0.1, -0.05) is 0 Å². The summed E-state index contributed by atoms with van der Waals surface area (Å²) < 4.78 is 0. The fraction of sp³-hybridized carbons (Fsp3) is 0.444. The first-order valence-corrected chi connectivity index (χ1v) is 4.15. The molecule has 4 heteroatoms. The topological polar surface area (TPSA) is 55.2 Å². The predicted molar refractivity (Wildman–Crippen MR) is 45.8 cm³/mol. The van der Waals surface area contributed by atoms with Gasteiger partial charge in [0.25, 0.3) is 0 Å². The number of isocyanates is 1. The molecular weight excluding hydrogens is 166 g/mol. The first-order valence-electron chi connectivity index (χ1n) is 4.15. The number of aromatic nitrogens is 2. The molecule has 13 heavy (non-hydrogen) atoms. The minimum absolute atomic E-state index is 0.340. The number of hydrogen-bond donors (Lipinski definition) is 0. The molecule has 1 aromatic heterocycles. The highest BCUT2D eigenvalue weighted by molar-refractivity contribution is 5.41. The molecule has 0 N–H and O–H groups in total. The Hall–Kier alpha value is -1.54. The van der Waals surface area contributed by atoms with Gasteiger partial charge in [-0.2, -0.15) is 4.99 Å². The van der Waals surface area contributed by atoms with E-state index < -0.39 is 0 Å². The summed E-state index contributed by atoms with van der Waals surface area (Å²) in [6.07, 6.45) is 6.65. The molecule has 66 valence electrons. The highest BCUT2D eigenvalue weighted by Crippen LogP contribution is 2.49. The van der Waals surface area contributed by atoms with E-state index in [1.54, 1.807) is 12.3 Å². The molecule has 1 aliphatic carbocycles. The maximum atomic E-state index is 10.2. The molecule has 0 radical (unpaired) electrons. The van der Waals surface area contributed by atoms with Crippen molar-refractivity contribution in [2.24, 2.45) is 4.99 Å². The van der Waals surface area contributed by atoms with Gasteiger partial charge in [0.1, 0.15) is 11.9 Å². The lowest BCUT2D eigenvalue weighted by molar-refractivity contribution is 0.555. The van der Waals surface area contributed by atoms with E-state index in [0.29, 0.717) is 0 Å². The molecule has 4 nitrogen and oxygen atoms in total. The van der Waals surface area contributed by atoms with Crippen LogP contribution in [0, 0.1) is 6.92 Å². The largest absolute Gasteiger partial charge is 0.244 e. The monoisotopic (exact) mass is 175 g/mol. The molecule has 1 heterocycles. The molecule has 0 saturated heterocycles. The lowest BCUT2D eigenvalue weighted by Gasteiger charge is -2.08. The zero-order chi connectivity index (χ0) is 9.31. The van der Waals surface area contributed by atoms with E-state index in [-0.39, 0.29) is 5.54 Å². The molecule has 2 rings (SSSR count). The molecule has 0 bridgehead atoms. The molecule has 0 unspecified atom stereocenters. The van der Waals surface area contributed by atoms with E-state index in [2.05, 4.69) is 15.0 Å². The van der Waals surface area contributed by atoms with E-state index in [1.807, 2.05) is 6.92 Å². The first kappa shape index (κ1) is 8.08. The third-order valence-corrected chi connectivity index (χ3v) is 2.40. The van der Waals surface area contributed by atoms with Gasteiger partial charge in [-0.05, 0) is 19.8 Å². The maximum Gasteiger partial charge on any atom is 0.235 e. The second-order valence-corrected chi connectivity index (χ2v) is 3.26. The van der Waals surface area contributed by atoms with Gasteiger partial charge in [-0.25, -0.2) is 14.8 Å². The van der Waals surface area contributed by atoms with Crippen LogP contribution in [-0.2, 0) is 10.3 Å². The molecule has 0 aromatic carbocycles. The quantitative estimate of drug-likeness (QED) is 0.499. The summed E-state index contributed by atoms with van der Waals surface area (Å²) in [5.74, 6) is 0. The van der Waals surface area contributed by atoms with Crippen LogP contribution in [0.2, 0.25) is 0 Å². The molecule has 1 aliphatic rings. The molecule has 0 aliphatic heterocycles. The van der Waals surface area contributed by atoms with Crippen LogP contribution in [0.5, 0.6) is 0 Å². The number of aliphatic imine (C=N–C) groups is 1. The number of rotatable bonds is 2. The molecule has 0 amide bonds. The van der Waals surface area contributed by atoms with Gasteiger partial charge in [-0.15, -0.1) is 0 Å². The van der Waals surface area contributed by atoms with Gasteiger partial charge in [0.2, 0.25) is 6.08 Å². The molecule has 1 aromatic rings. The standard InChI is InChI=1S/C9H9N3O/c1-7-8(4-10-5-11-7)9(2-3-9)12-6-13/h4-5H,2-3H2,1H3. The third kappa shape index (κ3) is 1.25. The Bertz CT molecular complexity index is 378. The fourth-order valence-electron chi connectivity index (χ4n) is 1.49. The maximum absolute atomic E-state index is 10.2. The third-order valence-electron chi connectivity index (χ3n) is 2.40. The van der Waals surface area contributed by atoms with Crippen molar-refractivity contribution in [1.29, 1.82) is 0 Å². The summed E-state index contributed by atoms with van der Waals surface area (Å²) >= 11 is 0. The van der Waals surface area contributed by atoms with Gasteiger partial charge in [0.05, 0.1) is 0 Å². The highest BCUT2D eigenvalue weighted by atomic mass is 16.1. The zero-order valence-corrected chi connectivity index (χ0v) is 7.32. The van der Waals surface area contributed by atoms with Crippen LogP contribution < -0.4 is 0 Å². The van der Waals surface area contributed by atoms with Crippen molar-refractivity contribution in [2.75, 3.05) is 0 Å². The average Bonchev–Trinajstić information content (AvgIpc) is 2.87. The van der Waals surface area contributed by atoms with E-state index in [0.717, 1.165) is 24.1 Å². The Morgan fingerprint density at radius 1 is 1.62 bits per heavy atom. The SMILES string of the molecule is Cc1ncncc1C1(N=C=O)CC1. The smallest absolute Gasteiger partial charge is 0.235 e. The number of carbonyl (C=O) groups excluding carboxylic acids is 1. The molecule has 0 atom stereocenters. The lowest BCUT2D eigenvalue weighted by atomic mass is 10.1. The first-order chi connectivity index (χ1) is 6.28. The Morgan fingerprint density at radius 3 is 2.92 bits per heavy atom. The van der Waals surface area contributed by atoms with Gasteiger partial charge in [-0.3, -0.25) is 0 Å². The van der Waals surface area contributed by atoms with Crippen LogP contribution in [-0.4, -0.2) is 16.0 Å². The van der Waals surface area contributed by atoms with E-state index in [1.165, 1.54) is 6.33 Å². The van der Waals surface area contributed by atoms with Crippen molar-refractivity contribution in [3.8, 4) is 0 Å². The van der Waals surface area contributed by atoms with Crippen LogP contribution >= 0.6 is 0 Å². The highest BCUT2D eigenvalue weighted by Gasteiger charge is 2.46. The summed E-state index contributed by atoms with van der Waals surface area (Å²) in [6.45, 7) is 1.90. The van der Waals surface area contributed by atoms with Gasteiger partial charge >= 0.3 is 0 Å². The van der Waals surface area contributed by atoms with E-state index in [4.69, 9.17) is 0 Å². The van der Waals surface area contributed by atoms with Gasteiger partial charge in [0, 0.05) is 17.5 Å². The zero-order valence-electron chi connectivity index (χ0n) is 7.32. The van der Waals surface area contributed by atoms with Crippen molar-refractivity contribution in [3.05, 3.63) is 23.8 Å².